The highest BCUT2D eigenvalue weighted by molar-refractivity contribution is 5.87. The molecule has 0 aliphatic rings. The number of fused-ring (bicyclic) bond motifs is 1. The molecule has 0 aliphatic heterocycles. The van der Waals surface area contributed by atoms with Crippen LogP contribution in [0.25, 0.3) is 5.78 Å². The minimum absolute atomic E-state index is 0.0537. The van der Waals surface area contributed by atoms with Crippen molar-refractivity contribution >= 4 is 11.7 Å². The van der Waals surface area contributed by atoms with Crippen LogP contribution in [0.15, 0.2) is 11.1 Å². The van der Waals surface area contributed by atoms with Gasteiger partial charge in [-0.15, -0.1) is 0 Å². The fourth-order valence-corrected chi connectivity index (χ4v) is 1.15. The van der Waals surface area contributed by atoms with Crippen molar-refractivity contribution in [3.8, 4) is 0 Å². The molecule has 0 aliphatic carbocycles. The highest BCUT2D eigenvalue weighted by Gasteiger charge is 2.15. The second-order valence-corrected chi connectivity index (χ2v) is 2.72. The Bertz CT molecular complexity index is 568. The maximum absolute atomic E-state index is 11.5. The van der Waals surface area contributed by atoms with Gasteiger partial charge in [-0.1, -0.05) is 0 Å². The summed E-state index contributed by atoms with van der Waals surface area (Å²) in [6.07, 6.45) is 1.27. The third-order valence-corrected chi connectivity index (χ3v) is 1.86. The highest BCUT2D eigenvalue weighted by Crippen LogP contribution is 2.00. The third kappa shape index (κ3) is 0.987. The summed E-state index contributed by atoms with van der Waals surface area (Å²) in [5.41, 5.74) is -0.633. The van der Waals surface area contributed by atoms with Crippen LogP contribution in [0.3, 0.4) is 0 Å². The Balaban J connectivity index is 2.94. The van der Waals surface area contributed by atoms with Crippen LogP contribution in [-0.4, -0.2) is 30.7 Å². The number of rotatable bonds is 1. The van der Waals surface area contributed by atoms with Gasteiger partial charge in [0.15, 0.2) is 5.69 Å². The van der Waals surface area contributed by atoms with Crippen LogP contribution >= 0.6 is 0 Å². The van der Waals surface area contributed by atoms with Gasteiger partial charge in [-0.3, -0.25) is 9.89 Å². The van der Waals surface area contributed by atoms with E-state index in [0.29, 0.717) is 0 Å². The molecule has 0 spiro atoms. The molecule has 0 bridgehead atoms. The zero-order chi connectivity index (χ0) is 10.3. The van der Waals surface area contributed by atoms with E-state index in [1.54, 1.807) is 0 Å². The molecule has 0 saturated carbocycles. The molecular formula is C7H6N4O3. The summed E-state index contributed by atoms with van der Waals surface area (Å²) in [7, 11) is 0. The molecule has 0 amide bonds. The average molecular weight is 194 g/mol. The Hall–Kier alpha value is -2.18. The van der Waals surface area contributed by atoms with Crippen LogP contribution in [0, 0.1) is 6.92 Å². The number of aromatic amines is 1. The van der Waals surface area contributed by atoms with E-state index >= 15 is 0 Å². The largest absolute Gasteiger partial charge is 0.476 e. The first-order valence-corrected chi connectivity index (χ1v) is 3.77. The van der Waals surface area contributed by atoms with Crippen LogP contribution < -0.4 is 5.56 Å². The molecule has 14 heavy (non-hydrogen) atoms. The van der Waals surface area contributed by atoms with Crippen molar-refractivity contribution in [2.75, 3.05) is 0 Å². The zero-order valence-corrected chi connectivity index (χ0v) is 7.18. The van der Waals surface area contributed by atoms with Crippen LogP contribution in [-0.2, 0) is 0 Å². The van der Waals surface area contributed by atoms with E-state index in [-0.39, 0.29) is 17.0 Å². The molecule has 2 aromatic heterocycles. The van der Waals surface area contributed by atoms with Crippen molar-refractivity contribution in [3.05, 3.63) is 27.9 Å². The molecule has 0 fully saturated rings. The normalized spacial score (nSPS) is 10.6. The molecule has 0 atom stereocenters. The smallest absolute Gasteiger partial charge is 0.355 e. The quantitative estimate of drug-likeness (QED) is 0.632. The predicted molar refractivity (Wildman–Crippen MR) is 45.3 cm³/mol. The second kappa shape index (κ2) is 2.66. The average Bonchev–Trinajstić information content (AvgIpc) is 2.58. The van der Waals surface area contributed by atoms with E-state index in [1.807, 2.05) is 0 Å². The molecule has 0 saturated heterocycles. The summed E-state index contributed by atoms with van der Waals surface area (Å²) in [5.74, 6) is -1.18. The summed E-state index contributed by atoms with van der Waals surface area (Å²) in [5, 5.41) is 11.3. The Morgan fingerprint density at radius 1 is 1.64 bits per heavy atom. The molecule has 2 rings (SSSR count). The molecule has 2 aromatic rings. The third-order valence-electron chi connectivity index (χ3n) is 1.86. The van der Waals surface area contributed by atoms with Gasteiger partial charge in [-0.05, 0) is 6.92 Å². The van der Waals surface area contributed by atoms with Crippen LogP contribution in [0.2, 0.25) is 0 Å². The Labute approximate surface area is 77.0 Å². The number of hydrogen-bond donors (Lipinski definition) is 2. The standard InChI is InChI=1S/C7H6N4O3/c1-3-4(6(13)14)10-7-8-2-9-11(7)5(3)12/h2H,1H3,(H,13,14)(H,8,9,10). The topological polar surface area (TPSA) is 100 Å². The first-order chi connectivity index (χ1) is 6.61. The molecule has 2 N–H and O–H groups in total. The maximum atomic E-state index is 11.5. The summed E-state index contributed by atoms with van der Waals surface area (Å²) in [6, 6.07) is 0. The SMILES string of the molecule is Cc1c(C(=O)O)nc2nc[nH]n2c1=O. The Morgan fingerprint density at radius 3 is 3.00 bits per heavy atom. The van der Waals surface area contributed by atoms with Gasteiger partial charge in [0.1, 0.15) is 6.33 Å². The lowest BCUT2D eigenvalue weighted by atomic mass is 10.2. The lowest BCUT2D eigenvalue weighted by Crippen LogP contribution is -2.22. The van der Waals surface area contributed by atoms with Gasteiger partial charge < -0.3 is 5.11 Å². The van der Waals surface area contributed by atoms with Gasteiger partial charge >= 0.3 is 5.97 Å². The van der Waals surface area contributed by atoms with Gasteiger partial charge in [-0.2, -0.15) is 4.52 Å². The predicted octanol–water partition coefficient (Wildman–Crippen LogP) is -0.576. The lowest BCUT2D eigenvalue weighted by molar-refractivity contribution is 0.0689. The number of nitrogens with one attached hydrogen (secondary N) is 1. The number of H-pyrrole nitrogens is 1. The van der Waals surface area contributed by atoms with E-state index in [1.165, 1.54) is 13.3 Å². The molecule has 0 aromatic carbocycles. The molecule has 72 valence electrons. The maximum Gasteiger partial charge on any atom is 0.355 e. The van der Waals surface area contributed by atoms with Crippen molar-refractivity contribution < 1.29 is 9.90 Å². The molecule has 0 radical (unpaired) electrons. The molecular weight excluding hydrogens is 188 g/mol. The van der Waals surface area contributed by atoms with Crippen LogP contribution in [0.5, 0.6) is 0 Å². The number of carboxylic acid groups (broad SMARTS) is 1. The number of aromatic carboxylic acids is 1. The number of carboxylic acids is 1. The summed E-state index contributed by atoms with van der Waals surface area (Å²) in [4.78, 5) is 29.6. The van der Waals surface area contributed by atoms with E-state index in [9.17, 15) is 9.59 Å². The number of nitrogens with zero attached hydrogens (tertiary/aromatic N) is 3. The molecule has 2 heterocycles. The van der Waals surface area contributed by atoms with E-state index in [2.05, 4.69) is 15.1 Å². The molecule has 7 nitrogen and oxygen atoms in total. The van der Waals surface area contributed by atoms with E-state index < -0.39 is 11.5 Å². The van der Waals surface area contributed by atoms with Crippen molar-refractivity contribution in [1.29, 1.82) is 0 Å². The summed E-state index contributed by atoms with van der Waals surface area (Å²) in [6.45, 7) is 1.41. The fourth-order valence-electron chi connectivity index (χ4n) is 1.15. The number of hydrogen-bond acceptors (Lipinski definition) is 4. The van der Waals surface area contributed by atoms with Crippen molar-refractivity contribution in [1.82, 2.24) is 19.6 Å². The van der Waals surface area contributed by atoms with Gasteiger partial charge in [0.25, 0.3) is 11.3 Å². The minimum Gasteiger partial charge on any atom is -0.476 e. The van der Waals surface area contributed by atoms with Crippen LogP contribution in [0.1, 0.15) is 16.1 Å². The fraction of sp³-hybridized carbons (Fsp3) is 0.143. The highest BCUT2D eigenvalue weighted by atomic mass is 16.4. The van der Waals surface area contributed by atoms with E-state index in [4.69, 9.17) is 5.11 Å². The molecule has 0 unspecified atom stereocenters. The van der Waals surface area contributed by atoms with E-state index in [0.717, 1.165) is 4.52 Å². The number of aromatic nitrogens is 4. The Kier molecular flexibility index (Phi) is 1.60. The second-order valence-electron chi connectivity index (χ2n) is 2.72. The first kappa shape index (κ1) is 8.42. The van der Waals surface area contributed by atoms with Crippen molar-refractivity contribution in [2.45, 2.75) is 6.92 Å². The molecule has 7 heteroatoms. The van der Waals surface area contributed by atoms with Crippen LogP contribution in [0.4, 0.5) is 0 Å². The van der Waals surface area contributed by atoms with Gasteiger partial charge in [0, 0.05) is 5.56 Å². The van der Waals surface area contributed by atoms with Gasteiger partial charge in [-0.25, -0.2) is 14.8 Å². The van der Waals surface area contributed by atoms with Crippen molar-refractivity contribution in [2.24, 2.45) is 0 Å². The first-order valence-electron chi connectivity index (χ1n) is 3.77. The minimum atomic E-state index is -1.23. The number of carbonyl (C=O) groups is 1. The summed E-state index contributed by atoms with van der Waals surface area (Å²) >= 11 is 0. The van der Waals surface area contributed by atoms with Crippen molar-refractivity contribution in [3.63, 3.8) is 0 Å². The van der Waals surface area contributed by atoms with Gasteiger partial charge in [0.05, 0.1) is 0 Å². The monoisotopic (exact) mass is 194 g/mol. The lowest BCUT2D eigenvalue weighted by Gasteiger charge is -1.98. The Morgan fingerprint density at radius 2 is 2.36 bits per heavy atom. The zero-order valence-electron chi connectivity index (χ0n) is 7.18. The summed E-state index contributed by atoms with van der Waals surface area (Å²) < 4.78 is 1.09. The van der Waals surface area contributed by atoms with Gasteiger partial charge in [0.2, 0.25) is 0 Å².